The summed E-state index contributed by atoms with van der Waals surface area (Å²) in [5.41, 5.74) is 2.95. The minimum absolute atomic E-state index is 0.110. The zero-order chi connectivity index (χ0) is 16.2. The van der Waals surface area contributed by atoms with Crippen LogP contribution in [0, 0.1) is 17.3 Å². The summed E-state index contributed by atoms with van der Waals surface area (Å²) in [4.78, 5) is 11.2. The van der Waals surface area contributed by atoms with Gasteiger partial charge in [0.05, 0.1) is 6.10 Å². The van der Waals surface area contributed by atoms with E-state index in [-0.39, 0.29) is 17.5 Å². The van der Waals surface area contributed by atoms with E-state index in [1.165, 1.54) is 37.3 Å². The maximum atomic E-state index is 11.2. The normalized spacial score (nSPS) is 38.4. The van der Waals surface area contributed by atoms with Crippen molar-refractivity contribution < 1.29 is 14.6 Å². The predicted octanol–water partition coefficient (Wildman–Crippen LogP) is 3.83. The molecule has 124 valence electrons. The Kier molecular flexibility index (Phi) is 3.53. The Bertz CT molecular complexity index is 638. The van der Waals surface area contributed by atoms with Crippen LogP contribution >= 0.6 is 0 Å². The summed E-state index contributed by atoms with van der Waals surface area (Å²) >= 11 is 0. The molecule has 0 radical (unpaired) electrons. The number of ether oxygens (including phenoxy) is 1. The van der Waals surface area contributed by atoms with Crippen LogP contribution in [0.5, 0.6) is 5.75 Å². The van der Waals surface area contributed by atoms with Crippen LogP contribution < -0.4 is 4.74 Å². The van der Waals surface area contributed by atoms with Gasteiger partial charge in [0, 0.05) is 6.92 Å². The molecule has 3 aliphatic carbocycles. The van der Waals surface area contributed by atoms with E-state index in [0.29, 0.717) is 23.5 Å². The fraction of sp³-hybridized carbons (Fsp3) is 0.650. The summed E-state index contributed by atoms with van der Waals surface area (Å²) in [5.74, 6) is 2.41. The number of aliphatic hydroxyl groups is 1. The lowest BCUT2D eigenvalue weighted by atomic mass is 9.55. The van der Waals surface area contributed by atoms with Gasteiger partial charge in [0.25, 0.3) is 0 Å². The molecule has 5 atom stereocenters. The predicted molar refractivity (Wildman–Crippen MR) is 88.4 cm³/mol. The molecule has 0 aromatic heterocycles. The van der Waals surface area contributed by atoms with Crippen LogP contribution in [0.2, 0.25) is 0 Å². The minimum Gasteiger partial charge on any atom is -0.427 e. The van der Waals surface area contributed by atoms with Gasteiger partial charge in [-0.2, -0.15) is 0 Å². The number of hydrogen-bond donors (Lipinski definition) is 1. The van der Waals surface area contributed by atoms with E-state index in [1.54, 1.807) is 0 Å². The van der Waals surface area contributed by atoms with Crippen LogP contribution in [0.4, 0.5) is 0 Å². The van der Waals surface area contributed by atoms with Crippen molar-refractivity contribution in [3.8, 4) is 5.75 Å². The first kappa shape index (κ1) is 15.2. The Labute approximate surface area is 138 Å². The Morgan fingerprint density at radius 1 is 1.26 bits per heavy atom. The number of aryl methyl sites for hydroxylation is 1. The van der Waals surface area contributed by atoms with E-state index in [0.717, 1.165) is 19.3 Å². The third kappa shape index (κ3) is 2.32. The highest BCUT2D eigenvalue weighted by Crippen LogP contribution is 2.60. The second-order valence-electron chi connectivity index (χ2n) is 8.01. The zero-order valence-electron chi connectivity index (χ0n) is 14.0. The average Bonchev–Trinajstić information content (AvgIpc) is 2.82. The van der Waals surface area contributed by atoms with Crippen molar-refractivity contribution in [2.45, 2.75) is 64.4 Å². The van der Waals surface area contributed by atoms with Gasteiger partial charge in [-0.15, -0.1) is 0 Å². The summed E-state index contributed by atoms with van der Waals surface area (Å²) in [7, 11) is 0. The van der Waals surface area contributed by atoms with Crippen molar-refractivity contribution in [3.63, 3.8) is 0 Å². The first-order valence-electron chi connectivity index (χ1n) is 8.98. The molecule has 1 aromatic carbocycles. The van der Waals surface area contributed by atoms with Crippen LogP contribution in [0.3, 0.4) is 0 Å². The number of esters is 1. The summed E-state index contributed by atoms with van der Waals surface area (Å²) < 4.78 is 5.24. The summed E-state index contributed by atoms with van der Waals surface area (Å²) in [6.07, 6.45) is 6.62. The van der Waals surface area contributed by atoms with E-state index < -0.39 is 0 Å². The number of aliphatic hydroxyl groups excluding tert-OH is 1. The lowest BCUT2D eigenvalue weighted by molar-refractivity contribution is -0.131. The van der Waals surface area contributed by atoms with E-state index in [1.807, 2.05) is 6.07 Å². The molecule has 3 aliphatic rings. The van der Waals surface area contributed by atoms with Crippen molar-refractivity contribution >= 4 is 5.97 Å². The van der Waals surface area contributed by atoms with E-state index in [4.69, 9.17) is 4.74 Å². The van der Waals surface area contributed by atoms with E-state index in [2.05, 4.69) is 19.1 Å². The number of carbonyl (C=O) groups is 1. The number of benzene rings is 1. The van der Waals surface area contributed by atoms with Gasteiger partial charge in [-0.3, -0.25) is 4.79 Å². The molecule has 2 unspecified atom stereocenters. The van der Waals surface area contributed by atoms with Crippen LogP contribution in [-0.4, -0.2) is 17.2 Å². The highest BCUT2D eigenvalue weighted by atomic mass is 16.5. The Morgan fingerprint density at radius 2 is 2.09 bits per heavy atom. The fourth-order valence-corrected chi connectivity index (χ4v) is 5.76. The Hall–Kier alpha value is -1.35. The third-order valence-electron chi connectivity index (χ3n) is 6.91. The standard InChI is InChI=1S/C20H26O3/c1-12(21)23-14-4-6-15-13(11-14)3-5-17-16(15)9-10-20(2)18(17)7-8-19(20)22/h4,6,11,16-19,22H,3,5,7-10H2,1-2H3/t16?,17-,18?,19-,20+/m0/s1. The number of fused-ring (bicyclic) bond motifs is 5. The highest BCUT2D eigenvalue weighted by Gasteiger charge is 2.54. The first-order chi connectivity index (χ1) is 11.0. The van der Waals surface area contributed by atoms with Crippen molar-refractivity contribution in [2.24, 2.45) is 17.3 Å². The molecule has 23 heavy (non-hydrogen) atoms. The molecule has 0 spiro atoms. The molecule has 1 N–H and O–H groups in total. The number of rotatable bonds is 1. The third-order valence-corrected chi connectivity index (χ3v) is 6.91. The van der Waals surface area contributed by atoms with Gasteiger partial charge in [0.2, 0.25) is 0 Å². The molecular weight excluding hydrogens is 288 g/mol. The van der Waals surface area contributed by atoms with Gasteiger partial charge in [0.1, 0.15) is 5.75 Å². The molecule has 0 saturated heterocycles. The second kappa shape index (κ2) is 5.34. The molecule has 0 amide bonds. The molecule has 0 bridgehead atoms. The SMILES string of the molecule is CC(=O)Oc1ccc2c(c1)CC[C@H]1C2CC[C@]2(C)C1CC[C@@H]2O. The van der Waals surface area contributed by atoms with Gasteiger partial charge >= 0.3 is 5.97 Å². The van der Waals surface area contributed by atoms with E-state index in [9.17, 15) is 9.90 Å². The van der Waals surface area contributed by atoms with Gasteiger partial charge in [-0.1, -0.05) is 13.0 Å². The molecule has 4 rings (SSSR count). The smallest absolute Gasteiger partial charge is 0.308 e. The van der Waals surface area contributed by atoms with Crippen molar-refractivity contribution in [3.05, 3.63) is 29.3 Å². The van der Waals surface area contributed by atoms with Gasteiger partial charge < -0.3 is 9.84 Å². The minimum atomic E-state index is -0.257. The van der Waals surface area contributed by atoms with Crippen LogP contribution in [0.25, 0.3) is 0 Å². The topological polar surface area (TPSA) is 46.5 Å². The molecule has 3 nitrogen and oxygen atoms in total. The molecule has 0 heterocycles. The summed E-state index contributed by atoms with van der Waals surface area (Å²) in [5, 5.41) is 10.4. The largest absolute Gasteiger partial charge is 0.427 e. The average molecular weight is 314 g/mol. The number of carbonyl (C=O) groups excluding carboxylic acids is 1. The fourth-order valence-electron chi connectivity index (χ4n) is 5.76. The van der Waals surface area contributed by atoms with Gasteiger partial charge in [0.15, 0.2) is 0 Å². The van der Waals surface area contributed by atoms with Crippen LogP contribution in [-0.2, 0) is 11.2 Å². The maximum absolute atomic E-state index is 11.2. The van der Waals surface area contributed by atoms with Crippen molar-refractivity contribution in [1.82, 2.24) is 0 Å². The lowest BCUT2D eigenvalue weighted by Crippen LogP contribution is -2.43. The Morgan fingerprint density at radius 3 is 2.87 bits per heavy atom. The highest BCUT2D eigenvalue weighted by molar-refractivity contribution is 5.69. The summed E-state index contributed by atoms with van der Waals surface area (Å²) in [6.45, 7) is 3.76. The van der Waals surface area contributed by atoms with Crippen molar-refractivity contribution in [2.75, 3.05) is 0 Å². The second-order valence-corrected chi connectivity index (χ2v) is 8.01. The van der Waals surface area contributed by atoms with Crippen molar-refractivity contribution in [1.29, 1.82) is 0 Å². The van der Waals surface area contributed by atoms with Crippen LogP contribution in [0.1, 0.15) is 63.0 Å². The van der Waals surface area contributed by atoms with Gasteiger partial charge in [-0.05, 0) is 85.0 Å². The number of hydrogen-bond acceptors (Lipinski definition) is 3. The van der Waals surface area contributed by atoms with Crippen LogP contribution in [0.15, 0.2) is 18.2 Å². The van der Waals surface area contributed by atoms with E-state index >= 15 is 0 Å². The first-order valence-corrected chi connectivity index (χ1v) is 8.98. The molecular formula is C20H26O3. The quantitative estimate of drug-likeness (QED) is 0.633. The molecule has 0 aliphatic heterocycles. The van der Waals surface area contributed by atoms with Gasteiger partial charge in [-0.25, -0.2) is 0 Å². The molecule has 3 heteroatoms. The maximum Gasteiger partial charge on any atom is 0.308 e. The zero-order valence-corrected chi connectivity index (χ0v) is 14.0. The molecule has 2 saturated carbocycles. The molecule has 2 fully saturated rings. The monoisotopic (exact) mass is 314 g/mol. The molecule has 1 aromatic rings. The Balaban J connectivity index is 1.63. The summed E-state index contributed by atoms with van der Waals surface area (Å²) in [6, 6.07) is 6.18. The lowest BCUT2D eigenvalue weighted by Gasteiger charge is -2.50.